The Morgan fingerprint density at radius 2 is 1.85 bits per heavy atom. The van der Waals surface area contributed by atoms with E-state index >= 15 is 0 Å². The molecule has 4 nitrogen and oxygen atoms in total. The minimum atomic E-state index is -0.272. The van der Waals surface area contributed by atoms with Crippen molar-refractivity contribution in [1.29, 1.82) is 0 Å². The predicted octanol–water partition coefficient (Wildman–Crippen LogP) is 4.38. The lowest BCUT2D eigenvalue weighted by Gasteiger charge is -2.45. The van der Waals surface area contributed by atoms with Gasteiger partial charge in [-0.05, 0) is 49.2 Å². The van der Waals surface area contributed by atoms with Crippen LogP contribution in [0.1, 0.15) is 43.4 Å². The van der Waals surface area contributed by atoms with E-state index in [0.29, 0.717) is 5.75 Å². The summed E-state index contributed by atoms with van der Waals surface area (Å²) in [6.07, 6.45) is 2.70. The minimum Gasteiger partial charge on any atom is -0.507 e. The van der Waals surface area contributed by atoms with Crippen LogP contribution in [0.2, 0.25) is 5.02 Å². The molecule has 2 aliphatic rings. The fraction of sp³-hybridized carbons (Fsp3) is 0.409. The highest BCUT2D eigenvalue weighted by molar-refractivity contribution is 6.30. The Kier molecular flexibility index (Phi) is 5.22. The maximum atomic E-state index is 10.4. The summed E-state index contributed by atoms with van der Waals surface area (Å²) in [4.78, 5) is 7.62. The molecule has 0 aromatic heterocycles. The zero-order chi connectivity index (χ0) is 18.9. The third-order valence-electron chi connectivity index (χ3n) is 5.81. The summed E-state index contributed by atoms with van der Waals surface area (Å²) in [7, 11) is 0. The van der Waals surface area contributed by atoms with Crippen molar-refractivity contribution in [3.63, 3.8) is 0 Å². The number of nitrogens with one attached hydrogen (secondary N) is 1. The van der Waals surface area contributed by atoms with Crippen molar-refractivity contribution in [1.82, 2.24) is 10.2 Å². The monoisotopic (exact) mass is 383 g/mol. The molecule has 27 heavy (non-hydrogen) atoms. The van der Waals surface area contributed by atoms with Crippen LogP contribution in [0.25, 0.3) is 0 Å². The lowest BCUT2D eigenvalue weighted by atomic mass is 9.87. The number of aliphatic imine (C=N–C) groups is 1. The van der Waals surface area contributed by atoms with E-state index in [0.717, 1.165) is 55.2 Å². The number of para-hydroxylation sites is 1. The van der Waals surface area contributed by atoms with Crippen molar-refractivity contribution in [2.75, 3.05) is 19.6 Å². The van der Waals surface area contributed by atoms with Gasteiger partial charge in [0.1, 0.15) is 11.4 Å². The van der Waals surface area contributed by atoms with Crippen molar-refractivity contribution < 1.29 is 5.11 Å². The summed E-state index contributed by atoms with van der Waals surface area (Å²) in [5.74, 6) is 0.300. The highest BCUT2D eigenvalue weighted by Crippen LogP contribution is 2.36. The molecule has 0 unspecified atom stereocenters. The summed E-state index contributed by atoms with van der Waals surface area (Å²) >= 11 is 6.09. The first kappa shape index (κ1) is 18.5. The highest BCUT2D eigenvalue weighted by atomic mass is 35.5. The summed E-state index contributed by atoms with van der Waals surface area (Å²) < 4.78 is 0. The van der Waals surface area contributed by atoms with Crippen LogP contribution < -0.4 is 5.32 Å². The third-order valence-corrected chi connectivity index (χ3v) is 6.06. The van der Waals surface area contributed by atoms with E-state index in [2.05, 4.69) is 29.3 Å². The average molecular weight is 384 g/mol. The second kappa shape index (κ2) is 7.63. The molecule has 5 heteroatoms. The predicted molar refractivity (Wildman–Crippen MR) is 111 cm³/mol. The Hall–Kier alpha value is -1.88. The molecule has 0 amide bonds. The normalized spacial score (nSPS) is 22.6. The lowest BCUT2D eigenvalue weighted by Crippen LogP contribution is -2.56. The Balaban J connectivity index is 1.70. The van der Waals surface area contributed by atoms with Gasteiger partial charge in [-0.2, -0.15) is 0 Å². The molecule has 4 rings (SSSR count). The zero-order valence-corrected chi connectivity index (χ0v) is 16.4. The SMILES string of the molecule is CCN1CCC2(CC1)N=C(c1ccccc1O)C[C@@H](c1ccc(Cl)cc1)N2. The summed E-state index contributed by atoms with van der Waals surface area (Å²) in [6, 6.07) is 15.7. The molecule has 1 saturated heterocycles. The van der Waals surface area contributed by atoms with Gasteiger partial charge in [-0.15, -0.1) is 0 Å². The standard InChI is InChI=1S/C22H26ClN3O/c1-2-26-13-11-22(12-14-26)24-19(16-7-9-17(23)10-8-16)15-20(25-22)18-5-3-4-6-21(18)27/h3-10,19,24,27H,2,11-15H2,1H3/t19-/m0/s1. The Bertz CT molecular complexity index is 826. The van der Waals surface area contributed by atoms with Crippen molar-refractivity contribution >= 4 is 17.3 Å². The van der Waals surface area contributed by atoms with Gasteiger partial charge >= 0.3 is 0 Å². The maximum Gasteiger partial charge on any atom is 0.124 e. The van der Waals surface area contributed by atoms with Crippen LogP contribution >= 0.6 is 11.6 Å². The molecule has 0 aliphatic carbocycles. The highest BCUT2D eigenvalue weighted by Gasteiger charge is 2.40. The second-order valence-electron chi connectivity index (χ2n) is 7.49. The van der Waals surface area contributed by atoms with E-state index in [1.165, 1.54) is 5.56 Å². The lowest BCUT2D eigenvalue weighted by molar-refractivity contribution is 0.129. The molecule has 0 bridgehead atoms. The molecule has 1 atom stereocenters. The van der Waals surface area contributed by atoms with Gasteiger partial charge in [0.05, 0.1) is 0 Å². The fourth-order valence-corrected chi connectivity index (χ4v) is 4.31. The molecule has 2 N–H and O–H groups in total. The molecule has 1 spiro atoms. The zero-order valence-electron chi connectivity index (χ0n) is 15.7. The van der Waals surface area contributed by atoms with E-state index in [-0.39, 0.29) is 11.7 Å². The van der Waals surface area contributed by atoms with Crippen LogP contribution in [0.3, 0.4) is 0 Å². The summed E-state index contributed by atoms with van der Waals surface area (Å²) in [5, 5.41) is 15.0. The molecular weight excluding hydrogens is 358 g/mol. The fourth-order valence-electron chi connectivity index (χ4n) is 4.18. The Morgan fingerprint density at radius 1 is 1.15 bits per heavy atom. The number of aromatic hydroxyl groups is 1. The number of hydrogen-bond donors (Lipinski definition) is 2. The van der Waals surface area contributed by atoms with Crippen molar-refractivity contribution in [3.8, 4) is 5.75 Å². The molecule has 2 aliphatic heterocycles. The number of hydrogen-bond acceptors (Lipinski definition) is 4. The average Bonchev–Trinajstić information content (AvgIpc) is 2.69. The van der Waals surface area contributed by atoms with Crippen LogP contribution in [0.15, 0.2) is 53.5 Å². The molecule has 2 aromatic carbocycles. The van der Waals surface area contributed by atoms with Gasteiger partial charge in [-0.25, -0.2) is 0 Å². The number of benzene rings is 2. The van der Waals surface area contributed by atoms with Gasteiger partial charge in [-0.3, -0.25) is 10.3 Å². The summed E-state index contributed by atoms with van der Waals surface area (Å²) in [5.41, 5.74) is 2.76. The Labute approximate surface area is 165 Å². The molecule has 2 aromatic rings. The van der Waals surface area contributed by atoms with Crippen LogP contribution in [0.5, 0.6) is 5.75 Å². The van der Waals surface area contributed by atoms with Gasteiger partial charge in [0, 0.05) is 41.8 Å². The molecule has 142 valence electrons. The number of likely N-dealkylation sites (tertiary alicyclic amines) is 1. The molecule has 1 fully saturated rings. The Morgan fingerprint density at radius 3 is 2.52 bits per heavy atom. The van der Waals surface area contributed by atoms with Gasteiger partial charge in [0.15, 0.2) is 0 Å². The summed E-state index contributed by atoms with van der Waals surface area (Å²) in [6.45, 7) is 5.36. The number of rotatable bonds is 3. The van der Waals surface area contributed by atoms with Crippen LogP contribution in [-0.2, 0) is 0 Å². The maximum absolute atomic E-state index is 10.4. The van der Waals surface area contributed by atoms with Crippen molar-refractivity contribution in [2.24, 2.45) is 4.99 Å². The molecule has 2 heterocycles. The third kappa shape index (κ3) is 3.88. The van der Waals surface area contributed by atoms with E-state index in [1.807, 2.05) is 30.3 Å². The molecule has 0 radical (unpaired) electrons. The van der Waals surface area contributed by atoms with Gasteiger partial charge < -0.3 is 10.0 Å². The molecular formula is C22H26ClN3O. The number of piperidine rings is 1. The van der Waals surface area contributed by atoms with E-state index < -0.39 is 0 Å². The second-order valence-corrected chi connectivity index (χ2v) is 7.93. The number of phenols is 1. The van der Waals surface area contributed by atoms with E-state index in [4.69, 9.17) is 16.6 Å². The van der Waals surface area contributed by atoms with E-state index in [1.54, 1.807) is 6.07 Å². The van der Waals surface area contributed by atoms with Crippen LogP contribution in [0.4, 0.5) is 0 Å². The van der Waals surface area contributed by atoms with Gasteiger partial charge in [-0.1, -0.05) is 42.8 Å². The van der Waals surface area contributed by atoms with Crippen molar-refractivity contribution in [2.45, 2.75) is 37.9 Å². The minimum absolute atomic E-state index is 0.155. The quantitative estimate of drug-likeness (QED) is 0.826. The number of halogens is 1. The smallest absolute Gasteiger partial charge is 0.124 e. The van der Waals surface area contributed by atoms with Crippen molar-refractivity contribution in [3.05, 3.63) is 64.7 Å². The molecule has 0 saturated carbocycles. The largest absolute Gasteiger partial charge is 0.507 e. The van der Waals surface area contributed by atoms with Crippen LogP contribution in [-0.4, -0.2) is 41.0 Å². The van der Waals surface area contributed by atoms with E-state index in [9.17, 15) is 5.11 Å². The van der Waals surface area contributed by atoms with Crippen LogP contribution in [0, 0.1) is 0 Å². The van der Waals surface area contributed by atoms with Gasteiger partial charge in [0.25, 0.3) is 0 Å². The van der Waals surface area contributed by atoms with Gasteiger partial charge in [0.2, 0.25) is 0 Å². The first-order chi connectivity index (χ1) is 13.1. The number of nitrogens with zero attached hydrogens (tertiary/aromatic N) is 2. The first-order valence-electron chi connectivity index (χ1n) is 9.71. The first-order valence-corrected chi connectivity index (χ1v) is 10.1. The number of phenolic OH excluding ortho intramolecular Hbond substituents is 1. The topological polar surface area (TPSA) is 47.9 Å².